The Kier molecular flexibility index (Phi) is 7.47. The molecule has 0 saturated heterocycles. The van der Waals surface area contributed by atoms with E-state index in [0.717, 1.165) is 24.8 Å². The van der Waals surface area contributed by atoms with E-state index in [2.05, 4.69) is 16.7 Å². The van der Waals surface area contributed by atoms with Gasteiger partial charge in [0.25, 0.3) is 0 Å². The summed E-state index contributed by atoms with van der Waals surface area (Å²) in [7, 11) is 0. The normalized spacial score (nSPS) is 15.2. The Morgan fingerprint density at radius 2 is 2.10 bits per heavy atom. The monoisotopic (exact) mass is 280 g/mol. The second kappa shape index (κ2) is 9.18. The topological polar surface area (TPSA) is 67.4 Å². The summed E-state index contributed by atoms with van der Waals surface area (Å²) >= 11 is 0. The molecule has 1 rings (SSSR count). The summed E-state index contributed by atoms with van der Waals surface area (Å²) in [6.07, 6.45) is 8.34. The highest BCUT2D eigenvalue weighted by Gasteiger charge is 2.09. The third-order valence-electron chi connectivity index (χ3n) is 3.24. The maximum absolute atomic E-state index is 11.5. The van der Waals surface area contributed by atoms with Crippen LogP contribution in [0.5, 0.6) is 0 Å². The lowest BCUT2D eigenvalue weighted by Gasteiger charge is -2.12. The van der Waals surface area contributed by atoms with Crippen molar-refractivity contribution in [2.75, 3.05) is 19.7 Å². The molecular weight excluding hydrogens is 256 g/mol. The van der Waals surface area contributed by atoms with Gasteiger partial charge in [-0.15, -0.1) is 0 Å². The first-order chi connectivity index (χ1) is 9.63. The number of rotatable bonds is 7. The molecule has 0 aromatic rings. The van der Waals surface area contributed by atoms with Crippen LogP contribution in [0.4, 0.5) is 4.79 Å². The Hall–Kier alpha value is -1.78. The van der Waals surface area contributed by atoms with Gasteiger partial charge in [-0.05, 0) is 24.8 Å². The molecule has 0 saturated carbocycles. The largest absolute Gasteiger partial charge is 0.445 e. The van der Waals surface area contributed by atoms with Crippen molar-refractivity contribution in [1.82, 2.24) is 10.6 Å². The van der Waals surface area contributed by atoms with Gasteiger partial charge in [-0.1, -0.05) is 32.1 Å². The van der Waals surface area contributed by atoms with Crippen LogP contribution in [0.25, 0.3) is 0 Å². The van der Waals surface area contributed by atoms with Crippen molar-refractivity contribution < 1.29 is 14.3 Å². The fourth-order valence-corrected chi connectivity index (χ4v) is 1.69. The van der Waals surface area contributed by atoms with Gasteiger partial charge in [0.2, 0.25) is 5.91 Å². The highest BCUT2D eigenvalue weighted by molar-refractivity contribution is 5.78. The minimum Gasteiger partial charge on any atom is -0.445 e. The molecule has 0 bridgehead atoms. The van der Waals surface area contributed by atoms with Crippen LogP contribution >= 0.6 is 0 Å². The number of nitrogens with one attached hydrogen (secondary N) is 2. The first-order valence-corrected chi connectivity index (χ1v) is 7.16. The summed E-state index contributed by atoms with van der Waals surface area (Å²) < 4.78 is 5.09. The Balaban J connectivity index is 2.07. The summed E-state index contributed by atoms with van der Waals surface area (Å²) in [6.45, 7) is 4.97. The van der Waals surface area contributed by atoms with Crippen molar-refractivity contribution in [3.8, 4) is 0 Å². The number of alkyl carbamates (subject to hydrolysis) is 1. The van der Waals surface area contributed by atoms with Gasteiger partial charge in [0.15, 0.2) is 0 Å². The van der Waals surface area contributed by atoms with Gasteiger partial charge in [0, 0.05) is 19.0 Å². The zero-order valence-electron chi connectivity index (χ0n) is 12.3. The Bertz CT molecular complexity index is 389. The molecule has 0 radical (unpaired) electrons. The molecule has 0 spiro atoms. The minimum atomic E-state index is -0.446. The number of amides is 2. The first-order valence-electron chi connectivity index (χ1n) is 7.16. The van der Waals surface area contributed by atoms with Crippen molar-refractivity contribution >= 4 is 12.0 Å². The summed E-state index contributed by atoms with van der Waals surface area (Å²) in [4.78, 5) is 22.9. The van der Waals surface area contributed by atoms with Gasteiger partial charge in [-0.25, -0.2) is 4.79 Å². The number of carbonyl (C=O) groups excluding carboxylic acids is 2. The number of hydrogen-bond acceptors (Lipinski definition) is 3. The Labute approximate surface area is 120 Å². The van der Waals surface area contributed by atoms with E-state index in [9.17, 15) is 9.59 Å². The molecule has 0 heterocycles. The van der Waals surface area contributed by atoms with Crippen molar-refractivity contribution in [2.45, 2.75) is 33.1 Å². The lowest BCUT2D eigenvalue weighted by Crippen LogP contribution is -2.37. The van der Waals surface area contributed by atoms with Crippen molar-refractivity contribution in [2.24, 2.45) is 5.92 Å². The fourth-order valence-electron chi connectivity index (χ4n) is 1.69. The number of ether oxygens (including phenoxy) is 1. The van der Waals surface area contributed by atoms with Crippen LogP contribution < -0.4 is 10.6 Å². The second-order valence-corrected chi connectivity index (χ2v) is 4.89. The lowest BCUT2D eigenvalue weighted by atomic mass is 10.1. The molecule has 1 aliphatic carbocycles. The average Bonchev–Trinajstić information content (AvgIpc) is 2.49. The third-order valence-corrected chi connectivity index (χ3v) is 3.24. The molecule has 20 heavy (non-hydrogen) atoms. The fraction of sp³-hybridized carbons (Fsp3) is 0.600. The van der Waals surface area contributed by atoms with Crippen LogP contribution in [0.3, 0.4) is 0 Å². The number of hydrogen-bond donors (Lipinski definition) is 2. The van der Waals surface area contributed by atoms with Crippen molar-refractivity contribution in [3.05, 3.63) is 23.8 Å². The SMILES string of the molecule is CCC(C)C(=O)NCCNC(=O)OCC1=CC=CCC1. The van der Waals surface area contributed by atoms with E-state index in [1.165, 1.54) is 0 Å². The minimum absolute atomic E-state index is 0.00763. The zero-order valence-corrected chi connectivity index (χ0v) is 12.3. The number of carbonyl (C=O) groups is 2. The predicted octanol–water partition coefficient (Wildman–Crippen LogP) is 2.15. The summed E-state index contributed by atoms with van der Waals surface area (Å²) in [5.74, 6) is 0.0232. The lowest BCUT2D eigenvalue weighted by molar-refractivity contribution is -0.124. The van der Waals surface area contributed by atoms with E-state index in [0.29, 0.717) is 19.7 Å². The van der Waals surface area contributed by atoms with Crippen LogP contribution in [0.1, 0.15) is 33.1 Å². The molecule has 2 N–H and O–H groups in total. The molecule has 1 aliphatic rings. The second-order valence-electron chi connectivity index (χ2n) is 4.89. The summed E-state index contributed by atoms with van der Waals surface area (Å²) in [5, 5.41) is 5.38. The smallest absolute Gasteiger partial charge is 0.407 e. The van der Waals surface area contributed by atoms with Crippen LogP contribution in [-0.2, 0) is 9.53 Å². The van der Waals surface area contributed by atoms with Crippen molar-refractivity contribution in [1.29, 1.82) is 0 Å². The summed E-state index contributed by atoms with van der Waals surface area (Å²) in [5.41, 5.74) is 1.12. The number of allylic oxidation sites excluding steroid dienone is 3. The molecule has 1 unspecified atom stereocenters. The van der Waals surface area contributed by atoms with Gasteiger partial charge in [0.05, 0.1) is 0 Å². The molecule has 0 fully saturated rings. The van der Waals surface area contributed by atoms with E-state index < -0.39 is 6.09 Å². The molecule has 112 valence electrons. The highest BCUT2D eigenvalue weighted by Crippen LogP contribution is 2.11. The van der Waals surface area contributed by atoms with E-state index in [1.807, 2.05) is 26.0 Å². The Morgan fingerprint density at radius 3 is 2.75 bits per heavy atom. The van der Waals surface area contributed by atoms with Crippen LogP contribution in [0.2, 0.25) is 0 Å². The highest BCUT2D eigenvalue weighted by atomic mass is 16.5. The molecule has 5 heteroatoms. The zero-order chi connectivity index (χ0) is 14.8. The first kappa shape index (κ1) is 16.3. The third kappa shape index (κ3) is 6.41. The van der Waals surface area contributed by atoms with E-state index in [4.69, 9.17) is 4.74 Å². The van der Waals surface area contributed by atoms with E-state index in [-0.39, 0.29) is 11.8 Å². The Morgan fingerprint density at radius 1 is 1.35 bits per heavy atom. The van der Waals surface area contributed by atoms with Gasteiger partial charge in [-0.2, -0.15) is 0 Å². The van der Waals surface area contributed by atoms with Crippen LogP contribution in [0.15, 0.2) is 23.8 Å². The van der Waals surface area contributed by atoms with Gasteiger partial charge in [0.1, 0.15) is 6.61 Å². The van der Waals surface area contributed by atoms with Crippen LogP contribution in [0, 0.1) is 5.92 Å². The maximum atomic E-state index is 11.5. The predicted molar refractivity (Wildman–Crippen MR) is 78.3 cm³/mol. The molecule has 0 aromatic heterocycles. The standard InChI is InChI=1S/C15H24N2O3/c1-3-12(2)14(18)16-9-10-17-15(19)20-11-13-7-5-4-6-8-13/h4-5,7,12H,3,6,8-11H2,1-2H3,(H,16,18)(H,17,19). The van der Waals surface area contributed by atoms with Gasteiger partial charge in [-0.3, -0.25) is 4.79 Å². The van der Waals surface area contributed by atoms with Gasteiger partial charge < -0.3 is 15.4 Å². The maximum Gasteiger partial charge on any atom is 0.407 e. The van der Waals surface area contributed by atoms with Crippen LogP contribution in [-0.4, -0.2) is 31.7 Å². The molecule has 5 nitrogen and oxygen atoms in total. The summed E-state index contributed by atoms with van der Waals surface area (Å²) in [6, 6.07) is 0. The van der Waals surface area contributed by atoms with E-state index in [1.54, 1.807) is 0 Å². The molecule has 0 aliphatic heterocycles. The molecule has 1 atom stereocenters. The molecule has 0 aromatic carbocycles. The van der Waals surface area contributed by atoms with E-state index >= 15 is 0 Å². The quantitative estimate of drug-likeness (QED) is 0.702. The molecule has 2 amide bonds. The molecular formula is C15H24N2O3. The van der Waals surface area contributed by atoms with Crippen molar-refractivity contribution in [3.63, 3.8) is 0 Å². The van der Waals surface area contributed by atoms with Gasteiger partial charge >= 0.3 is 6.09 Å². The average molecular weight is 280 g/mol.